The van der Waals surface area contributed by atoms with E-state index in [4.69, 9.17) is 21.1 Å². The van der Waals surface area contributed by atoms with Crippen LogP contribution >= 0.6 is 11.6 Å². The summed E-state index contributed by atoms with van der Waals surface area (Å²) in [4.78, 5) is 12.2. The second-order valence-electron chi connectivity index (χ2n) is 8.31. The second kappa shape index (κ2) is 12.2. The number of fused-ring (bicyclic) bond motifs is 1. The minimum atomic E-state index is -0.573. The van der Waals surface area contributed by atoms with Gasteiger partial charge >= 0.3 is 5.91 Å². The molecule has 0 atom stereocenters. The molecule has 0 bridgehead atoms. The largest absolute Gasteiger partial charge is 0.494 e. The number of rotatable bonds is 11. The van der Waals surface area contributed by atoms with E-state index in [0.717, 1.165) is 36.1 Å². The molecule has 1 heterocycles. The number of aromatic hydroxyl groups is 1. The molecule has 0 saturated heterocycles. The number of halogens is 1. The molecule has 0 aliphatic heterocycles. The van der Waals surface area contributed by atoms with Crippen molar-refractivity contribution in [2.45, 2.75) is 32.7 Å². The van der Waals surface area contributed by atoms with E-state index in [9.17, 15) is 9.90 Å². The Morgan fingerprint density at radius 3 is 2.39 bits per heavy atom. The van der Waals surface area contributed by atoms with E-state index in [-0.39, 0.29) is 18.2 Å². The number of carbonyl (C=O) groups is 1. The highest BCUT2D eigenvalue weighted by atomic mass is 35.5. The monoisotopic (exact) mass is 505 g/mol. The molecule has 0 radical (unpaired) electrons. The average Bonchev–Trinajstić information content (AvgIpc) is 3.16. The fourth-order valence-electron chi connectivity index (χ4n) is 3.76. The number of unbranched alkanes of at least 4 members (excludes halogenated alkanes) is 2. The molecule has 1 amide bonds. The van der Waals surface area contributed by atoms with E-state index in [0.29, 0.717) is 29.3 Å². The normalized spacial score (nSPS) is 11.3. The number of para-hydroxylation sites is 1. The summed E-state index contributed by atoms with van der Waals surface area (Å²) in [5.74, 6) is 0.687. The van der Waals surface area contributed by atoms with Crippen molar-refractivity contribution < 1.29 is 19.4 Å². The smallest absolute Gasteiger partial charge is 0.302 e. The summed E-state index contributed by atoms with van der Waals surface area (Å²) in [6, 6.07) is 22.0. The molecule has 8 heteroatoms. The molecule has 186 valence electrons. The Kier molecular flexibility index (Phi) is 8.57. The highest BCUT2D eigenvalue weighted by Gasteiger charge is 2.17. The van der Waals surface area contributed by atoms with Gasteiger partial charge in [0.15, 0.2) is 12.3 Å². The zero-order chi connectivity index (χ0) is 25.3. The molecule has 0 saturated carbocycles. The Morgan fingerprint density at radius 2 is 1.64 bits per heavy atom. The quantitative estimate of drug-likeness (QED) is 0.171. The van der Waals surface area contributed by atoms with Crippen LogP contribution in [-0.2, 0) is 11.3 Å². The van der Waals surface area contributed by atoms with Crippen LogP contribution in [0.15, 0.2) is 83.0 Å². The van der Waals surface area contributed by atoms with Gasteiger partial charge in [0.2, 0.25) is 5.88 Å². The highest BCUT2D eigenvalue weighted by Crippen LogP contribution is 2.39. The molecular formula is C28H28ClN3O4. The minimum absolute atomic E-state index is 0.0636. The molecule has 0 spiro atoms. The zero-order valence-corrected chi connectivity index (χ0v) is 20.8. The average molecular weight is 506 g/mol. The lowest BCUT2D eigenvalue weighted by molar-refractivity contribution is -0.120. The van der Waals surface area contributed by atoms with Gasteiger partial charge in [0.05, 0.1) is 18.7 Å². The number of ether oxygens (including phenoxy) is 2. The van der Waals surface area contributed by atoms with Crippen molar-refractivity contribution >= 4 is 34.1 Å². The van der Waals surface area contributed by atoms with Crippen LogP contribution in [0.1, 0.15) is 31.7 Å². The predicted molar refractivity (Wildman–Crippen MR) is 141 cm³/mol. The predicted octanol–water partition coefficient (Wildman–Crippen LogP) is 7.31. The number of nitrogens with zero attached hydrogens (tertiary/aromatic N) is 3. The Labute approximate surface area is 214 Å². The van der Waals surface area contributed by atoms with Crippen molar-refractivity contribution in [2.75, 3.05) is 13.2 Å². The highest BCUT2D eigenvalue weighted by molar-refractivity contribution is 6.30. The number of amides is 1. The molecule has 0 fully saturated rings. The third-order valence-corrected chi connectivity index (χ3v) is 5.89. The summed E-state index contributed by atoms with van der Waals surface area (Å²) in [5.41, 5.74) is 2.01. The molecule has 3 aromatic carbocycles. The fourth-order valence-corrected chi connectivity index (χ4v) is 3.88. The first-order valence-electron chi connectivity index (χ1n) is 11.9. The SMILES string of the molecule is CCCCCOc1ccc(Cn2c(O)c(N=NC(=O)COc3ccc(Cl)cc3)c3ccccc32)cc1. The number of aromatic nitrogens is 1. The van der Waals surface area contributed by atoms with E-state index in [2.05, 4.69) is 17.2 Å². The number of benzene rings is 3. The molecular weight excluding hydrogens is 478 g/mol. The van der Waals surface area contributed by atoms with Crippen molar-refractivity contribution in [2.24, 2.45) is 10.2 Å². The van der Waals surface area contributed by atoms with Gasteiger partial charge in [-0.05, 0) is 54.4 Å². The lowest BCUT2D eigenvalue weighted by Crippen LogP contribution is -2.07. The maximum atomic E-state index is 12.2. The molecule has 4 aromatic rings. The fraction of sp³-hybridized carbons (Fsp3) is 0.250. The van der Waals surface area contributed by atoms with E-state index >= 15 is 0 Å². The number of azo groups is 1. The third kappa shape index (κ3) is 6.43. The van der Waals surface area contributed by atoms with E-state index in [1.54, 1.807) is 28.8 Å². The first-order valence-corrected chi connectivity index (χ1v) is 12.3. The Morgan fingerprint density at radius 1 is 0.944 bits per heavy atom. The molecule has 7 nitrogen and oxygen atoms in total. The first-order chi connectivity index (χ1) is 17.5. The maximum Gasteiger partial charge on any atom is 0.302 e. The summed E-state index contributed by atoms with van der Waals surface area (Å²) in [7, 11) is 0. The van der Waals surface area contributed by atoms with Crippen LogP contribution in [0.3, 0.4) is 0 Å². The van der Waals surface area contributed by atoms with Crippen molar-refractivity contribution in [3.8, 4) is 17.4 Å². The molecule has 4 rings (SSSR count). The van der Waals surface area contributed by atoms with Gasteiger partial charge < -0.3 is 19.1 Å². The van der Waals surface area contributed by atoms with Gasteiger partial charge in [-0.1, -0.05) is 61.7 Å². The van der Waals surface area contributed by atoms with Crippen molar-refractivity contribution in [3.05, 3.63) is 83.4 Å². The first kappa shape index (κ1) is 25.3. The molecule has 0 aliphatic rings. The summed E-state index contributed by atoms with van der Waals surface area (Å²) in [5, 5.41) is 20.1. The number of hydrogen-bond donors (Lipinski definition) is 1. The van der Waals surface area contributed by atoms with Gasteiger partial charge in [0, 0.05) is 10.4 Å². The van der Waals surface area contributed by atoms with Crippen LogP contribution in [0.25, 0.3) is 10.9 Å². The van der Waals surface area contributed by atoms with E-state index in [1.165, 1.54) is 0 Å². The van der Waals surface area contributed by atoms with Crippen LogP contribution in [0.2, 0.25) is 5.02 Å². The zero-order valence-electron chi connectivity index (χ0n) is 20.1. The van der Waals surface area contributed by atoms with Crippen molar-refractivity contribution in [1.82, 2.24) is 4.57 Å². The lowest BCUT2D eigenvalue weighted by atomic mass is 10.2. The molecule has 0 aliphatic carbocycles. The van der Waals surface area contributed by atoms with E-state index in [1.807, 2.05) is 48.5 Å². The van der Waals surface area contributed by atoms with E-state index < -0.39 is 5.91 Å². The van der Waals surface area contributed by atoms with Crippen LogP contribution in [0.4, 0.5) is 5.69 Å². The van der Waals surface area contributed by atoms with Gasteiger partial charge in [-0.15, -0.1) is 10.2 Å². The molecule has 36 heavy (non-hydrogen) atoms. The van der Waals surface area contributed by atoms with Crippen LogP contribution in [-0.4, -0.2) is 28.8 Å². The second-order valence-corrected chi connectivity index (χ2v) is 8.75. The van der Waals surface area contributed by atoms with Gasteiger partial charge in [0.25, 0.3) is 0 Å². The molecule has 1 N–H and O–H groups in total. The van der Waals surface area contributed by atoms with Crippen molar-refractivity contribution in [1.29, 1.82) is 0 Å². The van der Waals surface area contributed by atoms with Gasteiger partial charge in [-0.3, -0.25) is 4.79 Å². The summed E-state index contributed by atoms with van der Waals surface area (Å²) < 4.78 is 13.0. The van der Waals surface area contributed by atoms with Crippen LogP contribution in [0, 0.1) is 0 Å². The Hall–Kier alpha value is -3.84. The van der Waals surface area contributed by atoms with Crippen LogP contribution in [0.5, 0.6) is 17.4 Å². The summed E-state index contributed by atoms with van der Waals surface area (Å²) >= 11 is 5.85. The van der Waals surface area contributed by atoms with Gasteiger partial charge in [-0.25, -0.2) is 0 Å². The van der Waals surface area contributed by atoms with Gasteiger partial charge in [-0.2, -0.15) is 0 Å². The Balaban J connectivity index is 1.46. The summed E-state index contributed by atoms with van der Waals surface area (Å²) in [6.45, 7) is 3.01. The van der Waals surface area contributed by atoms with Crippen LogP contribution < -0.4 is 9.47 Å². The topological polar surface area (TPSA) is 85.4 Å². The Bertz CT molecular complexity index is 1330. The molecule has 1 aromatic heterocycles. The maximum absolute atomic E-state index is 12.2. The van der Waals surface area contributed by atoms with Crippen molar-refractivity contribution in [3.63, 3.8) is 0 Å². The summed E-state index contributed by atoms with van der Waals surface area (Å²) in [6.07, 6.45) is 3.34. The number of carbonyl (C=O) groups excluding carboxylic acids is 1. The lowest BCUT2D eigenvalue weighted by Gasteiger charge is -2.09. The standard InChI is InChI=1S/C28H28ClN3O4/c1-2-3-6-17-35-22-13-9-20(10-14-22)18-32-25-8-5-4-7-24(25)27(28(32)34)31-30-26(33)19-36-23-15-11-21(29)12-16-23/h4-5,7-16,34H,2-3,6,17-19H2,1H3. The minimum Gasteiger partial charge on any atom is -0.494 e. The third-order valence-electron chi connectivity index (χ3n) is 5.64. The number of hydrogen-bond acceptors (Lipinski definition) is 5. The van der Waals surface area contributed by atoms with Gasteiger partial charge in [0.1, 0.15) is 11.5 Å². The molecule has 0 unspecified atom stereocenters.